The van der Waals surface area contributed by atoms with E-state index in [1.54, 1.807) is 0 Å². The summed E-state index contributed by atoms with van der Waals surface area (Å²) in [6.45, 7) is 0. The minimum Gasteiger partial charge on any atom is -0.376 e. The summed E-state index contributed by atoms with van der Waals surface area (Å²) in [6.07, 6.45) is 7.93. The Balaban J connectivity index is 2.37. The molecule has 0 saturated heterocycles. The molecule has 0 radical (unpaired) electrons. The van der Waals surface area contributed by atoms with E-state index in [1.165, 1.54) is 24.0 Å². The molecular formula is C12H12O. The maximum Gasteiger partial charge on any atom is 0.139 e. The SMILES string of the molecule is C#C[C@@H](O)c1ccc2c(c1)CCC2. The molecule has 0 heterocycles. The Morgan fingerprint density at radius 2 is 2.08 bits per heavy atom. The Kier molecular flexibility index (Phi) is 2.08. The van der Waals surface area contributed by atoms with Gasteiger partial charge in [0.1, 0.15) is 6.10 Å². The van der Waals surface area contributed by atoms with Crippen molar-refractivity contribution in [1.82, 2.24) is 0 Å². The highest BCUT2D eigenvalue weighted by molar-refractivity contribution is 5.37. The zero-order valence-electron chi connectivity index (χ0n) is 7.46. The topological polar surface area (TPSA) is 20.2 Å². The number of benzene rings is 1. The van der Waals surface area contributed by atoms with Crippen molar-refractivity contribution in [2.75, 3.05) is 0 Å². The Morgan fingerprint density at radius 3 is 2.85 bits per heavy atom. The first-order chi connectivity index (χ1) is 6.31. The number of hydrogen-bond acceptors (Lipinski definition) is 1. The summed E-state index contributed by atoms with van der Waals surface area (Å²) in [4.78, 5) is 0. The second kappa shape index (κ2) is 3.24. The lowest BCUT2D eigenvalue weighted by Gasteiger charge is -2.06. The number of aliphatic hydroxyl groups is 1. The van der Waals surface area contributed by atoms with Gasteiger partial charge in [0.15, 0.2) is 0 Å². The monoisotopic (exact) mass is 172 g/mol. The van der Waals surface area contributed by atoms with E-state index in [0.29, 0.717) is 0 Å². The van der Waals surface area contributed by atoms with Crippen molar-refractivity contribution in [3.05, 3.63) is 34.9 Å². The summed E-state index contributed by atoms with van der Waals surface area (Å²) in [5.41, 5.74) is 3.61. The van der Waals surface area contributed by atoms with E-state index >= 15 is 0 Å². The number of hydrogen-bond donors (Lipinski definition) is 1. The van der Waals surface area contributed by atoms with Gasteiger partial charge in [0.2, 0.25) is 0 Å². The Bertz CT molecular complexity index is 360. The molecule has 1 nitrogen and oxygen atoms in total. The first-order valence-corrected chi connectivity index (χ1v) is 4.57. The highest BCUT2D eigenvalue weighted by Gasteiger charge is 2.12. The van der Waals surface area contributed by atoms with Gasteiger partial charge >= 0.3 is 0 Å². The van der Waals surface area contributed by atoms with Crippen molar-refractivity contribution >= 4 is 0 Å². The molecule has 66 valence electrons. The van der Waals surface area contributed by atoms with E-state index in [0.717, 1.165) is 12.0 Å². The van der Waals surface area contributed by atoms with Crippen LogP contribution in [0.5, 0.6) is 0 Å². The van der Waals surface area contributed by atoms with Crippen LogP contribution in [0.25, 0.3) is 0 Å². The van der Waals surface area contributed by atoms with E-state index in [4.69, 9.17) is 6.42 Å². The smallest absolute Gasteiger partial charge is 0.139 e. The van der Waals surface area contributed by atoms with E-state index in [1.807, 2.05) is 12.1 Å². The second-order valence-corrected chi connectivity index (χ2v) is 3.45. The van der Waals surface area contributed by atoms with E-state index in [-0.39, 0.29) is 0 Å². The quantitative estimate of drug-likeness (QED) is 0.641. The molecular weight excluding hydrogens is 160 g/mol. The van der Waals surface area contributed by atoms with Crippen LogP contribution in [0.4, 0.5) is 0 Å². The summed E-state index contributed by atoms with van der Waals surface area (Å²) in [6, 6.07) is 6.04. The molecule has 1 aliphatic rings. The molecule has 0 unspecified atom stereocenters. The van der Waals surface area contributed by atoms with Crippen LogP contribution in [-0.4, -0.2) is 5.11 Å². The van der Waals surface area contributed by atoms with E-state index < -0.39 is 6.10 Å². The van der Waals surface area contributed by atoms with Crippen LogP contribution in [0.1, 0.15) is 29.2 Å². The van der Waals surface area contributed by atoms with Gasteiger partial charge in [-0.15, -0.1) is 6.42 Å². The summed E-state index contributed by atoms with van der Waals surface area (Å²) in [5, 5.41) is 9.42. The third-order valence-corrected chi connectivity index (χ3v) is 2.60. The third kappa shape index (κ3) is 1.46. The van der Waals surface area contributed by atoms with Gasteiger partial charge < -0.3 is 5.11 Å². The molecule has 0 bridgehead atoms. The van der Waals surface area contributed by atoms with Crippen LogP contribution in [0, 0.1) is 12.3 Å². The number of rotatable bonds is 1. The number of aliphatic hydroxyl groups excluding tert-OH is 1. The summed E-state index contributed by atoms with van der Waals surface area (Å²) >= 11 is 0. The fourth-order valence-corrected chi connectivity index (χ4v) is 1.86. The van der Waals surface area contributed by atoms with Crippen LogP contribution in [0.2, 0.25) is 0 Å². The Morgan fingerprint density at radius 1 is 1.31 bits per heavy atom. The number of fused-ring (bicyclic) bond motifs is 1. The number of aryl methyl sites for hydroxylation is 2. The molecule has 1 N–H and O–H groups in total. The van der Waals surface area contributed by atoms with Crippen molar-refractivity contribution in [2.45, 2.75) is 25.4 Å². The molecule has 0 aliphatic heterocycles. The third-order valence-electron chi connectivity index (χ3n) is 2.60. The van der Waals surface area contributed by atoms with Gasteiger partial charge in [-0.05, 0) is 36.0 Å². The minimum absolute atomic E-state index is 0.745. The molecule has 0 saturated carbocycles. The normalized spacial score (nSPS) is 16.3. The lowest BCUT2D eigenvalue weighted by atomic mass is 10.0. The van der Waals surface area contributed by atoms with Gasteiger partial charge in [-0.25, -0.2) is 0 Å². The van der Waals surface area contributed by atoms with Gasteiger partial charge in [-0.2, -0.15) is 0 Å². The predicted octanol–water partition coefficient (Wildman–Crippen LogP) is 1.84. The first kappa shape index (κ1) is 8.34. The van der Waals surface area contributed by atoms with Crippen LogP contribution in [0.3, 0.4) is 0 Å². The van der Waals surface area contributed by atoms with Gasteiger partial charge in [-0.1, -0.05) is 24.1 Å². The molecule has 1 heteroatoms. The average molecular weight is 172 g/mol. The zero-order valence-corrected chi connectivity index (χ0v) is 7.46. The van der Waals surface area contributed by atoms with Crippen LogP contribution in [-0.2, 0) is 12.8 Å². The molecule has 0 amide bonds. The fourth-order valence-electron chi connectivity index (χ4n) is 1.86. The molecule has 0 spiro atoms. The highest BCUT2D eigenvalue weighted by atomic mass is 16.3. The fraction of sp³-hybridized carbons (Fsp3) is 0.333. The van der Waals surface area contributed by atoms with Crippen molar-refractivity contribution < 1.29 is 5.11 Å². The molecule has 0 fully saturated rings. The Hall–Kier alpha value is -1.26. The van der Waals surface area contributed by atoms with Gasteiger partial charge in [-0.3, -0.25) is 0 Å². The van der Waals surface area contributed by atoms with E-state index in [9.17, 15) is 5.11 Å². The first-order valence-electron chi connectivity index (χ1n) is 4.57. The minimum atomic E-state index is -0.745. The van der Waals surface area contributed by atoms with Crippen molar-refractivity contribution in [1.29, 1.82) is 0 Å². The average Bonchev–Trinajstić information content (AvgIpc) is 2.63. The lowest BCUT2D eigenvalue weighted by molar-refractivity contribution is 0.238. The summed E-state index contributed by atoms with van der Waals surface area (Å²) in [7, 11) is 0. The van der Waals surface area contributed by atoms with Crippen LogP contribution < -0.4 is 0 Å². The molecule has 2 rings (SSSR count). The van der Waals surface area contributed by atoms with Gasteiger partial charge in [0, 0.05) is 0 Å². The summed E-state index contributed by atoms with van der Waals surface area (Å²) in [5.74, 6) is 2.33. The lowest BCUT2D eigenvalue weighted by Crippen LogP contribution is -1.94. The molecule has 1 aliphatic carbocycles. The van der Waals surface area contributed by atoms with Gasteiger partial charge in [0.05, 0.1) is 0 Å². The summed E-state index contributed by atoms with van der Waals surface area (Å²) < 4.78 is 0. The van der Waals surface area contributed by atoms with Crippen molar-refractivity contribution in [3.8, 4) is 12.3 Å². The van der Waals surface area contributed by atoms with Gasteiger partial charge in [0.25, 0.3) is 0 Å². The van der Waals surface area contributed by atoms with Crippen molar-refractivity contribution in [3.63, 3.8) is 0 Å². The molecule has 0 aromatic heterocycles. The van der Waals surface area contributed by atoms with E-state index in [2.05, 4.69) is 12.0 Å². The van der Waals surface area contributed by atoms with Crippen LogP contribution in [0.15, 0.2) is 18.2 Å². The predicted molar refractivity (Wildman–Crippen MR) is 52.3 cm³/mol. The standard InChI is InChI=1S/C12H12O/c1-2-12(13)11-7-6-9-4-3-5-10(9)8-11/h1,6-8,12-13H,3-5H2/t12-/m1/s1. The highest BCUT2D eigenvalue weighted by Crippen LogP contribution is 2.25. The molecule has 13 heavy (non-hydrogen) atoms. The maximum absolute atomic E-state index is 9.42. The molecule has 1 aromatic rings. The maximum atomic E-state index is 9.42. The molecule has 1 atom stereocenters. The van der Waals surface area contributed by atoms with Crippen molar-refractivity contribution in [2.24, 2.45) is 0 Å². The van der Waals surface area contributed by atoms with Crippen LogP contribution >= 0.6 is 0 Å². The number of terminal acetylenes is 1. The zero-order chi connectivity index (χ0) is 9.26. The Labute approximate surface area is 78.4 Å². The second-order valence-electron chi connectivity index (χ2n) is 3.45. The largest absolute Gasteiger partial charge is 0.376 e. The molecule has 1 aromatic carbocycles.